The predicted octanol–water partition coefficient (Wildman–Crippen LogP) is -1.47. The highest BCUT2D eigenvalue weighted by Crippen LogP contribution is 2.30. The van der Waals surface area contributed by atoms with Crippen molar-refractivity contribution in [2.75, 3.05) is 13.7 Å². The summed E-state index contributed by atoms with van der Waals surface area (Å²) in [5.41, 5.74) is 4.01. The lowest BCUT2D eigenvalue weighted by Gasteiger charge is -2.41. The molecular formula is C21H32N4O7. The van der Waals surface area contributed by atoms with E-state index >= 15 is 0 Å². The van der Waals surface area contributed by atoms with Crippen LogP contribution in [-0.2, 0) is 16.0 Å². The Bertz CT molecular complexity index is 804. The number of hydrogen-bond donors (Lipinski definition) is 7. The molecule has 0 saturated heterocycles. The lowest BCUT2D eigenvalue weighted by molar-refractivity contribution is -0.158. The van der Waals surface area contributed by atoms with Crippen molar-refractivity contribution in [1.29, 1.82) is 0 Å². The minimum absolute atomic E-state index is 0.0768. The average molecular weight is 453 g/mol. The predicted molar refractivity (Wildman–Crippen MR) is 115 cm³/mol. The van der Waals surface area contributed by atoms with E-state index in [9.17, 15) is 29.7 Å². The van der Waals surface area contributed by atoms with Gasteiger partial charge in [0, 0.05) is 25.8 Å². The van der Waals surface area contributed by atoms with Crippen molar-refractivity contribution in [3.8, 4) is 5.75 Å². The fourth-order valence-corrected chi connectivity index (χ4v) is 3.60. The van der Waals surface area contributed by atoms with Crippen molar-refractivity contribution in [2.24, 2.45) is 5.73 Å². The molecule has 178 valence electrons. The summed E-state index contributed by atoms with van der Waals surface area (Å²) in [6, 6.07) is 4.02. The monoisotopic (exact) mass is 452 g/mol. The third-order valence-corrected chi connectivity index (χ3v) is 5.43. The molecule has 11 nitrogen and oxygen atoms in total. The molecule has 5 atom stereocenters. The number of aliphatic hydroxyl groups excluding tert-OH is 2. The number of carbonyl (C=O) groups excluding carboxylic acids is 3. The quantitative estimate of drug-likeness (QED) is 0.239. The van der Waals surface area contributed by atoms with Crippen LogP contribution in [0.15, 0.2) is 24.3 Å². The number of urea groups is 1. The van der Waals surface area contributed by atoms with E-state index in [4.69, 9.17) is 10.5 Å². The number of nitrogens with two attached hydrogens (primary N) is 1. The van der Waals surface area contributed by atoms with E-state index in [0.717, 1.165) is 0 Å². The molecule has 0 radical (unpaired) electrons. The fourth-order valence-electron chi connectivity index (χ4n) is 3.60. The van der Waals surface area contributed by atoms with Crippen LogP contribution >= 0.6 is 0 Å². The highest BCUT2D eigenvalue weighted by Gasteiger charge is 2.49. The number of carbonyl (C=O) groups is 3. The lowest BCUT2D eigenvalue weighted by atomic mass is 9.77. The van der Waals surface area contributed by atoms with Gasteiger partial charge >= 0.3 is 6.03 Å². The molecule has 4 amide bonds. The van der Waals surface area contributed by atoms with Gasteiger partial charge in [-0.05, 0) is 24.1 Å². The van der Waals surface area contributed by atoms with Gasteiger partial charge in [-0.15, -0.1) is 0 Å². The Kier molecular flexibility index (Phi) is 8.81. The van der Waals surface area contributed by atoms with E-state index in [-0.39, 0.29) is 12.8 Å². The molecule has 0 spiro atoms. The molecule has 2 rings (SSSR count). The maximum absolute atomic E-state index is 12.9. The van der Waals surface area contributed by atoms with Crippen LogP contribution in [0.2, 0.25) is 0 Å². The van der Waals surface area contributed by atoms with Crippen LogP contribution in [0.1, 0.15) is 31.7 Å². The molecule has 1 aromatic rings. The summed E-state index contributed by atoms with van der Waals surface area (Å²) in [4.78, 5) is 36.7. The molecule has 1 aliphatic rings. The summed E-state index contributed by atoms with van der Waals surface area (Å²) in [6.45, 7) is 2.26. The van der Waals surface area contributed by atoms with Gasteiger partial charge in [0.05, 0.1) is 19.3 Å². The van der Waals surface area contributed by atoms with E-state index in [1.807, 2.05) is 6.92 Å². The maximum atomic E-state index is 12.9. The highest BCUT2D eigenvalue weighted by atomic mass is 16.5. The standard InChI is InChI=1S/C21H32N4O7/c1-3-8-23-20(30)25-15-10-21(31,11-16(26)17(15)27)19(29)24-14(18(22)28)9-12-4-6-13(32-2)7-5-12/h4-7,14-17,26-27,31H,3,8-11H2,1-2H3,(H2,22,28)(H,24,29)(H2,23,25,30)/t14-,15-,16+,17+,21-/m0/s1. The number of aliphatic hydroxyl groups is 3. The van der Waals surface area contributed by atoms with Gasteiger partial charge in [-0.1, -0.05) is 19.1 Å². The number of primary amides is 1. The SMILES string of the molecule is CCCNC(=O)N[C@H]1C[C@@](O)(C(=O)N[C@@H](Cc2ccc(OC)cc2)C(N)=O)C[C@@H](O)[C@@H]1O. The van der Waals surface area contributed by atoms with Gasteiger partial charge < -0.3 is 41.7 Å². The summed E-state index contributed by atoms with van der Waals surface area (Å²) < 4.78 is 5.08. The van der Waals surface area contributed by atoms with Crippen molar-refractivity contribution < 1.29 is 34.4 Å². The van der Waals surface area contributed by atoms with Gasteiger partial charge in [0.25, 0.3) is 5.91 Å². The topological polar surface area (TPSA) is 183 Å². The van der Waals surface area contributed by atoms with Crippen LogP contribution in [0, 0.1) is 0 Å². The van der Waals surface area contributed by atoms with Gasteiger partial charge in [-0.3, -0.25) is 9.59 Å². The second-order valence-corrected chi connectivity index (χ2v) is 7.99. The number of hydrogen-bond acceptors (Lipinski definition) is 7. The van der Waals surface area contributed by atoms with Crippen LogP contribution in [0.4, 0.5) is 4.79 Å². The van der Waals surface area contributed by atoms with Crippen molar-refractivity contribution in [2.45, 2.75) is 62.5 Å². The molecule has 8 N–H and O–H groups in total. The van der Waals surface area contributed by atoms with Gasteiger partial charge in [0.1, 0.15) is 23.5 Å². The van der Waals surface area contributed by atoms with E-state index < -0.39 is 54.2 Å². The molecule has 32 heavy (non-hydrogen) atoms. The largest absolute Gasteiger partial charge is 0.497 e. The van der Waals surface area contributed by atoms with Crippen LogP contribution in [0.5, 0.6) is 5.75 Å². The average Bonchev–Trinajstić information content (AvgIpc) is 2.75. The number of methoxy groups -OCH3 is 1. The van der Waals surface area contributed by atoms with Crippen molar-refractivity contribution in [3.05, 3.63) is 29.8 Å². The number of amides is 4. The van der Waals surface area contributed by atoms with Gasteiger partial charge in [-0.25, -0.2) is 4.79 Å². The zero-order valence-corrected chi connectivity index (χ0v) is 18.2. The van der Waals surface area contributed by atoms with Gasteiger partial charge in [0.2, 0.25) is 5.91 Å². The third-order valence-electron chi connectivity index (χ3n) is 5.43. The Balaban J connectivity index is 2.09. The Morgan fingerprint density at radius 1 is 1.22 bits per heavy atom. The summed E-state index contributed by atoms with van der Waals surface area (Å²) in [6.07, 6.45) is -2.90. The zero-order valence-electron chi connectivity index (χ0n) is 18.2. The third kappa shape index (κ3) is 6.55. The molecule has 1 fully saturated rings. The number of rotatable bonds is 9. The second-order valence-electron chi connectivity index (χ2n) is 7.99. The minimum Gasteiger partial charge on any atom is -0.497 e. The van der Waals surface area contributed by atoms with Crippen molar-refractivity contribution >= 4 is 17.8 Å². The van der Waals surface area contributed by atoms with E-state index in [0.29, 0.717) is 24.3 Å². The first kappa shape index (κ1) is 25.4. The van der Waals surface area contributed by atoms with Crippen LogP contribution in [0.3, 0.4) is 0 Å². The van der Waals surface area contributed by atoms with Crippen LogP contribution in [-0.4, -0.2) is 76.7 Å². The number of benzene rings is 1. The normalized spacial score (nSPS) is 26.0. The summed E-state index contributed by atoms with van der Waals surface area (Å²) in [5.74, 6) is -1.11. The molecule has 0 unspecified atom stereocenters. The van der Waals surface area contributed by atoms with Crippen molar-refractivity contribution in [1.82, 2.24) is 16.0 Å². The van der Waals surface area contributed by atoms with Gasteiger partial charge in [0.15, 0.2) is 0 Å². The summed E-state index contributed by atoms with van der Waals surface area (Å²) in [7, 11) is 1.52. The summed E-state index contributed by atoms with van der Waals surface area (Å²) >= 11 is 0. The van der Waals surface area contributed by atoms with E-state index in [2.05, 4.69) is 16.0 Å². The van der Waals surface area contributed by atoms with E-state index in [1.54, 1.807) is 24.3 Å². The molecule has 0 aromatic heterocycles. The lowest BCUT2D eigenvalue weighted by Crippen LogP contribution is -2.65. The smallest absolute Gasteiger partial charge is 0.315 e. The molecule has 0 aliphatic heterocycles. The highest BCUT2D eigenvalue weighted by molar-refractivity contribution is 5.91. The zero-order chi connectivity index (χ0) is 23.9. The van der Waals surface area contributed by atoms with Crippen LogP contribution < -0.4 is 26.4 Å². The molecule has 1 aromatic carbocycles. The van der Waals surface area contributed by atoms with Crippen molar-refractivity contribution in [3.63, 3.8) is 0 Å². The minimum atomic E-state index is -2.13. The molecule has 11 heteroatoms. The maximum Gasteiger partial charge on any atom is 0.315 e. The Morgan fingerprint density at radius 3 is 2.44 bits per heavy atom. The molecular weight excluding hydrogens is 420 g/mol. The Labute approximate surface area is 186 Å². The van der Waals surface area contributed by atoms with E-state index in [1.165, 1.54) is 7.11 Å². The number of nitrogens with one attached hydrogen (secondary N) is 3. The molecule has 0 heterocycles. The second kappa shape index (κ2) is 11.1. The molecule has 0 bridgehead atoms. The first-order valence-corrected chi connectivity index (χ1v) is 10.5. The fraction of sp³-hybridized carbons (Fsp3) is 0.571. The Hall–Kier alpha value is -2.89. The number of ether oxygens (including phenoxy) is 1. The molecule has 1 aliphatic carbocycles. The Morgan fingerprint density at radius 2 is 1.88 bits per heavy atom. The molecule has 1 saturated carbocycles. The summed E-state index contributed by atoms with van der Waals surface area (Å²) in [5, 5.41) is 38.8. The first-order valence-electron chi connectivity index (χ1n) is 10.5. The van der Waals surface area contributed by atoms with Crippen LogP contribution in [0.25, 0.3) is 0 Å². The van der Waals surface area contributed by atoms with Gasteiger partial charge in [-0.2, -0.15) is 0 Å². The first-order chi connectivity index (χ1) is 15.1.